The Labute approximate surface area is 182 Å². The number of nitrogens with zero attached hydrogens (tertiary/aromatic N) is 2. The predicted octanol–water partition coefficient (Wildman–Crippen LogP) is 7.56. The van der Waals surface area contributed by atoms with Gasteiger partial charge in [0.15, 0.2) is 0 Å². The SMILES string of the molecule is CCCCCCCCCCCCOC(/C=C/c1ccc(Cl)cc1)Cn1ccnc1. The van der Waals surface area contributed by atoms with Gasteiger partial charge in [-0.3, -0.25) is 0 Å². The van der Waals surface area contributed by atoms with Gasteiger partial charge in [0.05, 0.1) is 19.0 Å². The van der Waals surface area contributed by atoms with E-state index in [-0.39, 0.29) is 6.10 Å². The Bertz CT molecular complexity index is 652. The highest BCUT2D eigenvalue weighted by molar-refractivity contribution is 6.30. The highest BCUT2D eigenvalue weighted by Crippen LogP contribution is 2.13. The molecule has 0 saturated carbocycles. The second-order valence-electron chi connectivity index (χ2n) is 7.76. The number of hydrogen-bond acceptors (Lipinski definition) is 2. The van der Waals surface area contributed by atoms with Crippen molar-refractivity contribution in [2.24, 2.45) is 0 Å². The van der Waals surface area contributed by atoms with Crippen LogP contribution in [0.5, 0.6) is 0 Å². The van der Waals surface area contributed by atoms with E-state index in [1.54, 1.807) is 0 Å². The molecule has 0 radical (unpaired) electrons. The van der Waals surface area contributed by atoms with Crippen molar-refractivity contribution in [1.29, 1.82) is 0 Å². The zero-order valence-electron chi connectivity index (χ0n) is 17.9. The van der Waals surface area contributed by atoms with Gasteiger partial charge >= 0.3 is 0 Å². The lowest BCUT2D eigenvalue weighted by Gasteiger charge is -2.15. The number of imidazole rings is 1. The molecular weight excluding hydrogens is 380 g/mol. The van der Waals surface area contributed by atoms with Crippen LogP contribution in [0.4, 0.5) is 0 Å². The Kier molecular flexibility index (Phi) is 12.5. The molecule has 0 saturated heterocycles. The third-order valence-electron chi connectivity index (χ3n) is 5.15. The quantitative estimate of drug-likeness (QED) is 0.264. The van der Waals surface area contributed by atoms with E-state index in [1.807, 2.05) is 43.0 Å². The summed E-state index contributed by atoms with van der Waals surface area (Å²) in [5.41, 5.74) is 1.13. The van der Waals surface area contributed by atoms with E-state index in [9.17, 15) is 0 Å². The van der Waals surface area contributed by atoms with Crippen molar-refractivity contribution in [3.63, 3.8) is 0 Å². The van der Waals surface area contributed by atoms with Crippen LogP contribution in [0.3, 0.4) is 0 Å². The standard InChI is InChI=1S/C25H37ClN2O/c1-2-3-4-5-6-7-8-9-10-11-20-29-25(21-28-19-18-27-22-28)17-14-23-12-15-24(26)16-13-23/h12-19,22,25H,2-11,20-21H2,1H3/b17-14+. The molecule has 2 aromatic rings. The molecular formula is C25H37ClN2O. The highest BCUT2D eigenvalue weighted by Gasteiger charge is 2.06. The largest absolute Gasteiger partial charge is 0.372 e. The molecule has 0 N–H and O–H groups in total. The van der Waals surface area contributed by atoms with Crippen LogP contribution >= 0.6 is 11.6 Å². The van der Waals surface area contributed by atoms with Crippen LogP contribution in [-0.2, 0) is 11.3 Å². The Morgan fingerprint density at radius 1 is 0.966 bits per heavy atom. The molecule has 0 spiro atoms. The molecule has 0 aliphatic rings. The smallest absolute Gasteiger partial charge is 0.0946 e. The number of halogens is 1. The molecule has 0 aliphatic carbocycles. The minimum absolute atomic E-state index is 0.0402. The summed E-state index contributed by atoms with van der Waals surface area (Å²) < 4.78 is 8.24. The van der Waals surface area contributed by atoms with E-state index in [2.05, 4.69) is 28.6 Å². The van der Waals surface area contributed by atoms with Gasteiger partial charge in [-0.2, -0.15) is 0 Å². The minimum Gasteiger partial charge on any atom is -0.372 e. The van der Waals surface area contributed by atoms with E-state index in [0.717, 1.165) is 30.2 Å². The van der Waals surface area contributed by atoms with Gasteiger partial charge in [0.1, 0.15) is 0 Å². The summed E-state index contributed by atoms with van der Waals surface area (Å²) in [5.74, 6) is 0. The highest BCUT2D eigenvalue weighted by atomic mass is 35.5. The molecule has 29 heavy (non-hydrogen) atoms. The van der Waals surface area contributed by atoms with Gasteiger partial charge < -0.3 is 9.30 Å². The van der Waals surface area contributed by atoms with E-state index < -0.39 is 0 Å². The first kappa shape index (κ1) is 23.7. The summed E-state index contributed by atoms with van der Waals surface area (Å²) in [6.07, 6.45) is 23.3. The van der Waals surface area contributed by atoms with E-state index >= 15 is 0 Å². The van der Waals surface area contributed by atoms with Crippen LogP contribution in [0, 0.1) is 0 Å². The monoisotopic (exact) mass is 416 g/mol. The van der Waals surface area contributed by atoms with Crippen molar-refractivity contribution in [1.82, 2.24) is 9.55 Å². The maximum absolute atomic E-state index is 6.17. The van der Waals surface area contributed by atoms with E-state index in [4.69, 9.17) is 16.3 Å². The summed E-state index contributed by atoms with van der Waals surface area (Å²) >= 11 is 5.97. The maximum atomic E-state index is 6.17. The van der Waals surface area contributed by atoms with Crippen molar-refractivity contribution in [2.75, 3.05) is 6.61 Å². The van der Waals surface area contributed by atoms with Gasteiger partial charge in [-0.15, -0.1) is 0 Å². The van der Waals surface area contributed by atoms with Gasteiger partial charge in [-0.1, -0.05) is 101 Å². The van der Waals surface area contributed by atoms with Gasteiger partial charge in [-0.05, 0) is 24.1 Å². The number of hydrogen-bond donors (Lipinski definition) is 0. The third-order valence-corrected chi connectivity index (χ3v) is 5.41. The first-order valence-electron chi connectivity index (χ1n) is 11.3. The normalized spacial score (nSPS) is 12.6. The maximum Gasteiger partial charge on any atom is 0.0946 e. The first-order valence-corrected chi connectivity index (χ1v) is 11.7. The van der Waals surface area contributed by atoms with Crippen molar-refractivity contribution in [3.05, 3.63) is 59.6 Å². The lowest BCUT2D eigenvalue weighted by Crippen LogP contribution is -2.17. The van der Waals surface area contributed by atoms with Crippen LogP contribution in [0.15, 0.2) is 49.1 Å². The third kappa shape index (κ3) is 11.3. The Morgan fingerprint density at radius 3 is 2.24 bits per heavy atom. The Morgan fingerprint density at radius 2 is 1.62 bits per heavy atom. The fourth-order valence-electron chi connectivity index (χ4n) is 3.39. The fraction of sp³-hybridized carbons (Fsp3) is 0.560. The minimum atomic E-state index is 0.0402. The van der Waals surface area contributed by atoms with E-state index in [1.165, 1.54) is 57.8 Å². The summed E-state index contributed by atoms with van der Waals surface area (Å²) in [7, 11) is 0. The number of ether oxygens (including phenoxy) is 1. The van der Waals surface area contributed by atoms with Crippen molar-refractivity contribution in [3.8, 4) is 0 Å². The van der Waals surface area contributed by atoms with E-state index in [0.29, 0.717) is 0 Å². The average molecular weight is 417 g/mol. The average Bonchev–Trinajstić information content (AvgIpc) is 3.24. The predicted molar refractivity (Wildman–Crippen MR) is 124 cm³/mol. The molecule has 1 aromatic carbocycles. The van der Waals surface area contributed by atoms with Crippen molar-refractivity contribution in [2.45, 2.75) is 83.8 Å². The van der Waals surface area contributed by atoms with Gasteiger partial charge in [0.2, 0.25) is 0 Å². The summed E-state index contributed by atoms with van der Waals surface area (Å²) in [5, 5.41) is 0.759. The Balaban J connectivity index is 1.65. The fourth-order valence-corrected chi connectivity index (χ4v) is 3.51. The molecule has 1 aromatic heterocycles. The van der Waals surface area contributed by atoms with Crippen molar-refractivity contribution < 1.29 is 4.74 Å². The lowest BCUT2D eigenvalue weighted by atomic mass is 10.1. The number of aromatic nitrogens is 2. The molecule has 2 rings (SSSR count). The topological polar surface area (TPSA) is 27.1 Å². The molecule has 0 fully saturated rings. The van der Waals surface area contributed by atoms with Crippen LogP contribution < -0.4 is 0 Å². The molecule has 3 nitrogen and oxygen atoms in total. The molecule has 0 amide bonds. The van der Waals surface area contributed by atoms with Gasteiger partial charge in [0, 0.05) is 24.0 Å². The number of rotatable bonds is 16. The zero-order valence-corrected chi connectivity index (χ0v) is 18.7. The molecule has 160 valence electrons. The number of unbranched alkanes of at least 4 members (excludes halogenated alkanes) is 9. The molecule has 1 heterocycles. The van der Waals surface area contributed by atoms with Gasteiger partial charge in [-0.25, -0.2) is 4.98 Å². The second kappa shape index (κ2) is 15.3. The molecule has 0 aliphatic heterocycles. The van der Waals surface area contributed by atoms with Crippen LogP contribution in [-0.4, -0.2) is 22.3 Å². The summed E-state index contributed by atoms with van der Waals surface area (Å²) in [4.78, 5) is 4.13. The van der Waals surface area contributed by atoms with Crippen LogP contribution in [0.25, 0.3) is 6.08 Å². The summed E-state index contributed by atoms with van der Waals surface area (Å²) in [6.45, 7) is 3.86. The van der Waals surface area contributed by atoms with Crippen LogP contribution in [0.2, 0.25) is 5.02 Å². The summed E-state index contributed by atoms with van der Waals surface area (Å²) in [6, 6.07) is 7.87. The number of benzene rings is 1. The first-order chi connectivity index (χ1) is 14.3. The molecule has 1 unspecified atom stereocenters. The van der Waals surface area contributed by atoms with Crippen LogP contribution in [0.1, 0.15) is 76.7 Å². The molecule has 1 atom stereocenters. The molecule has 4 heteroatoms. The molecule has 0 bridgehead atoms. The lowest BCUT2D eigenvalue weighted by molar-refractivity contribution is 0.0710. The second-order valence-corrected chi connectivity index (χ2v) is 8.20. The zero-order chi connectivity index (χ0) is 20.6. The van der Waals surface area contributed by atoms with Gasteiger partial charge in [0.25, 0.3) is 0 Å². The Hall–Kier alpha value is -1.58. The van der Waals surface area contributed by atoms with Crippen molar-refractivity contribution >= 4 is 17.7 Å².